The van der Waals surface area contributed by atoms with Gasteiger partial charge in [-0.15, -0.1) is 0 Å². The van der Waals surface area contributed by atoms with Crippen LogP contribution in [-0.4, -0.2) is 5.78 Å². The third-order valence-electron chi connectivity index (χ3n) is 2.78. The fraction of sp³-hybridized carbons (Fsp3) is 0.133. The van der Waals surface area contributed by atoms with Crippen molar-refractivity contribution in [2.24, 2.45) is 0 Å². The second-order valence-corrected chi connectivity index (χ2v) is 4.73. The molecule has 0 N–H and O–H groups in total. The van der Waals surface area contributed by atoms with Gasteiger partial charge in [-0.2, -0.15) is 0 Å². The van der Waals surface area contributed by atoms with Gasteiger partial charge in [-0.1, -0.05) is 23.2 Å². The average molecular weight is 281 g/mol. The molecule has 0 bridgehead atoms. The van der Waals surface area contributed by atoms with Crippen LogP contribution in [0.3, 0.4) is 0 Å². The molecule has 98 valence electrons. The first-order chi connectivity index (χ1) is 8.97. The Bertz CT molecular complexity index is 638. The lowest BCUT2D eigenvalue weighted by molar-refractivity contribution is 0.0989. The first-order valence-electron chi connectivity index (χ1n) is 5.70. The van der Waals surface area contributed by atoms with E-state index in [1.807, 2.05) is 0 Å². The molecular formula is C15H11ClF2O. The normalized spacial score (nSPS) is 10.5. The van der Waals surface area contributed by atoms with Gasteiger partial charge in [0.25, 0.3) is 0 Å². The summed E-state index contributed by atoms with van der Waals surface area (Å²) in [7, 11) is 0. The van der Waals surface area contributed by atoms with Crippen molar-refractivity contribution < 1.29 is 13.6 Å². The molecule has 0 aliphatic carbocycles. The van der Waals surface area contributed by atoms with Crippen molar-refractivity contribution in [2.75, 3.05) is 0 Å². The quantitative estimate of drug-likeness (QED) is 0.764. The lowest BCUT2D eigenvalue weighted by atomic mass is 10.0. The summed E-state index contributed by atoms with van der Waals surface area (Å²) in [5.74, 6) is -1.48. The maximum Gasteiger partial charge on any atom is 0.170 e. The van der Waals surface area contributed by atoms with Gasteiger partial charge >= 0.3 is 0 Å². The van der Waals surface area contributed by atoms with Gasteiger partial charge in [-0.3, -0.25) is 4.79 Å². The molecule has 0 fully saturated rings. The molecule has 19 heavy (non-hydrogen) atoms. The van der Waals surface area contributed by atoms with Crippen LogP contribution >= 0.6 is 11.6 Å². The number of ketones is 1. The highest BCUT2D eigenvalue weighted by Gasteiger charge is 2.14. The van der Waals surface area contributed by atoms with E-state index in [-0.39, 0.29) is 12.0 Å². The number of benzene rings is 2. The number of hydrogen-bond acceptors (Lipinski definition) is 1. The third-order valence-corrected chi connectivity index (χ3v) is 3.15. The predicted octanol–water partition coefficient (Wildman–Crippen LogP) is 4.35. The Kier molecular flexibility index (Phi) is 3.96. The minimum absolute atomic E-state index is 0.000304. The van der Waals surface area contributed by atoms with Crippen LogP contribution in [0.4, 0.5) is 8.78 Å². The highest BCUT2D eigenvalue weighted by Crippen LogP contribution is 2.20. The summed E-state index contributed by atoms with van der Waals surface area (Å²) >= 11 is 5.89. The summed E-state index contributed by atoms with van der Waals surface area (Å²) in [6.45, 7) is 1.77. The zero-order valence-corrected chi connectivity index (χ0v) is 11.0. The van der Waals surface area contributed by atoms with Crippen LogP contribution in [0.15, 0.2) is 36.4 Å². The van der Waals surface area contributed by atoms with Gasteiger partial charge in [0.1, 0.15) is 11.6 Å². The van der Waals surface area contributed by atoms with Gasteiger partial charge in [0, 0.05) is 11.4 Å². The molecule has 1 nitrogen and oxygen atoms in total. The van der Waals surface area contributed by atoms with E-state index in [1.165, 1.54) is 30.3 Å². The van der Waals surface area contributed by atoms with Crippen LogP contribution in [0.1, 0.15) is 21.5 Å². The van der Waals surface area contributed by atoms with Crippen molar-refractivity contribution in [3.8, 4) is 0 Å². The SMILES string of the molecule is Cc1ccc(F)c(C(=O)Cc2cc(F)ccc2Cl)c1. The fourth-order valence-electron chi connectivity index (χ4n) is 1.80. The average Bonchev–Trinajstić information content (AvgIpc) is 2.36. The smallest absolute Gasteiger partial charge is 0.170 e. The number of Topliss-reactive ketones (excluding diaryl/α,β-unsaturated/α-hetero) is 1. The Labute approximate surface area is 114 Å². The number of carbonyl (C=O) groups excluding carboxylic acids is 1. The largest absolute Gasteiger partial charge is 0.294 e. The van der Waals surface area contributed by atoms with E-state index in [1.54, 1.807) is 13.0 Å². The topological polar surface area (TPSA) is 17.1 Å². The van der Waals surface area contributed by atoms with Gasteiger partial charge in [0.2, 0.25) is 0 Å². The molecular weight excluding hydrogens is 270 g/mol. The Hall–Kier alpha value is -1.74. The van der Waals surface area contributed by atoms with Gasteiger partial charge in [-0.05, 0) is 42.8 Å². The first kappa shape index (κ1) is 13.7. The lowest BCUT2D eigenvalue weighted by Gasteiger charge is -2.06. The molecule has 0 heterocycles. The van der Waals surface area contributed by atoms with Crippen molar-refractivity contribution in [1.82, 2.24) is 0 Å². The van der Waals surface area contributed by atoms with Crippen LogP contribution in [0.25, 0.3) is 0 Å². The van der Waals surface area contributed by atoms with Crippen LogP contribution in [-0.2, 0) is 6.42 Å². The number of hydrogen-bond donors (Lipinski definition) is 0. The van der Waals surface area contributed by atoms with Crippen LogP contribution in [0, 0.1) is 18.6 Å². The molecule has 0 amide bonds. The summed E-state index contributed by atoms with van der Waals surface area (Å²) in [5.41, 5.74) is 1.14. The molecule has 0 aromatic heterocycles. The zero-order chi connectivity index (χ0) is 14.0. The maximum atomic E-state index is 13.6. The highest BCUT2D eigenvalue weighted by molar-refractivity contribution is 6.31. The molecule has 2 aromatic rings. The number of halogens is 3. The van der Waals surface area contributed by atoms with Crippen molar-refractivity contribution in [2.45, 2.75) is 13.3 Å². The third kappa shape index (κ3) is 3.18. The van der Waals surface area contributed by atoms with Crippen LogP contribution in [0.5, 0.6) is 0 Å². The van der Waals surface area contributed by atoms with E-state index in [2.05, 4.69) is 0 Å². The van der Waals surface area contributed by atoms with Gasteiger partial charge in [0.15, 0.2) is 5.78 Å². The summed E-state index contributed by atoms with van der Waals surface area (Å²) in [5, 5.41) is 0.294. The second kappa shape index (κ2) is 5.49. The van der Waals surface area contributed by atoms with E-state index < -0.39 is 17.4 Å². The van der Waals surface area contributed by atoms with E-state index >= 15 is 0 Å². The molecule has 0 unspecified atom stereocenters. The van der Waals surface area contributed by atoms with Crippen LogP contribution in [0.2, 0.25) is 5.02 Å². The Morgan fingerprint density at radius 1 is 1.16 bits per heavy atom. The Morgan fingerprint density at radius 2 is 1.89 bits per heavy atom. The standard InChI is InChI=1S/C15H11ClF2O/c1-9-2-5-14(18)12(6-9)15(19)8-10-7-11(17)3-4-13(10)16/h2-7H,8H2,1H3. The van der Waals surface area contributed by atoms with E-state index in [9.17, 15) is 13.6 Å². The molecule has 0 radical (unpaired) electrons. The van der Waals surface area contributed by atoms with Gasteiger partial charge in [-0.25, -0.2) is 8.78 Å². The Balaban J connectivity index is 2.30. The van der Waals surface area contributed by atoms with Crippen LogP contribution < -0.4 is 0 Å². The summed E-state index contributed by atoms with van der Waals surface area (Å²) in [4.78, 5) is 12.0. The molecule has 2 aromatic carbocycles. The lowest BCUT2D eigenvalue weighted by Crippen LogP contribution is -2.07. The molecule has 0 aliphatic rings. The number of rotatable bonds is 3. The Morgan fingerprint density at radius 3 is 2.63 bits per heavy atom. The molecule has 0 aliphatic heterocycles. The van der Waals surface area contributed by atoms with Crippen molar-refractivity contribution in [3.05, 3.63) is 69.7 Å². The molecule has 0 spiro atoms. The highest BCUT2D eigenvalue weighted by atomic mass is 35.5. The summed E-state index contributed by atoms with van der Waals surface area (Å²) < 4.78 is 26.7. The minimum Gasteiger partial charge on any atom is -0.294 e. The first-order valence-corrected chi connectivity index (χ1v) is 6.08. The van der Waals surface area contributed by atoms with Crippen molar-refractivity contribution >= 4 is 17.4 Å². The molecule has 2 rings (SSSR count). The number of carbonyl (C=O) groups is 1. The monoisotopic (exact) mass is 280 g/mol. The zero-order valence-electron chi connectivity index (χ0n) is 10.2. The molecule has 4 heteroatoms. The predicted molar refractivity (Wildman–Crippen MR) is 70.6 cm³/mol. The molecule has 0 saturated carbocycles. The molecule has 0 atom stereocenters. The van der Waals surface area contributed by atoms with E-state index in [0.29, 0.717) is 10.6 Å². The summed E-state index contributed by atoms with van der Waals surface area (Å²) in [6.07, 6.45) is -0.128. The fourth-order valence-corrected chi connectivity index (χ4v) is 1.98. The number of aryl methyl sites for hydroxylation is 1. The van der Waals surface area contributed by atoms with Crippen molar-refractivity contribution in [1.29, 1.82) is 0 Å². The van der Waals surface area contributed by atoms with Gasteiger partial charge in [0.05, 0.1) is 5.56 Å². The van der Waals surface area contributed by atoms with Crippen molar-refractivity contribution in [3.63, 3.8) is 0 Å². The minimum atomic E-state index is -0.580. The van der Waals surface area contributed by atoms with E-state index in [0.717, 1.165) is 5.56 Å². The molecule has 0 saturated heterocycles. The van der Waals surface area contributed by atoms with Gasteiger partial charge < -0.3 is 0 Å². The maximum absolute atomic E-state index is 13.6. The summed E-state index contributed by atoms with van der Waals surface area (Å²) in [6, 6.07) is 8.09. The van der Waals surface area contributed by atoms with E-state index in [4.69, 9.17) is 11.6 Å². The second-order valence-electron chi connectivity index (χ2n) is 4.32.